The van der Waals surface area contributed by atoms with Gasteiger partial charge >= 0.3 is 0 Å². The Morgan fingerprint density at radius 2 is 1.71 bits per heavy atom. The van der Waals surface area contributed by atoms with Gasteiger partial charge < -0.3 is 15.4 Å². The molecule has 0 radical (unpaired) electrons. The lowest BCUT2D eigenvalue weighted by Gasteiger charge is -2.10. The molecule has 0 aliphatic rings. The zero-order valence-electron chi connectivity index (χ0n) is 15.6. The number of pyridine rings is 1. The molecule has 0 fully saturated rings. The first-order chi connectivity index (χ1) is 13.6. The summed E-state index contributed by atoms with van der Waals surface area (Å²) >= 11 is 5.88. The number of rotatable bonds is 8. The maximum absolute atomic E-state index is 11.9. The molecule has 1 aromatic heterocycles. The number of halogens is 1. The summed E-state index contributed by atoms with van der Waals surface area (Å²) < 4.78 is 5.78. The van der Waals surface area contributed by atoms with Crippen LogP contribution in [0.5, 0.6) is 5.75 Å². The van der Waals surface area contributed by atoms with Gasteiger partial charge in [-0.15, -0.1) is 0 Å². The van der Waals surface area contributed by atoms with Crippen molar-refractivity contribution in [2.24, 2.45) is 0 Å². The second-order valence-corrected chi connectivity index (χ2v) is 6.69. The molecule has 3 aromatic rings. The van der Waals surface area contributed by atoms with Gasteiger partial charge in [-0.25, -0.2) is 4.98 Å². The van der Waals surface area contributed by atoms with Gasteiger partial charge in [0.25, 0.3) is 5.91 Å². The van der Waals surface area contributed by atoms with E-state index in [-0.39, 0.29) is 5.91 Å². The van der Waals surface area contributed by atoms with E-state index in [1.165, 1.54) is 0 Å². The highest BCUT2D eigenvalue weighted by Gasteiger charge is 2.06. The van der Waals surface area contributed by atoms with Crippen molar-refractivity contribution >= 4 is 28.9 Å². The number of carbonyl (C=O) groups is 1. The Labute approximate surface area is 169 Å². The number of nitrogens with one attached hydrogen (secondary N) is 2. The molecule has 3 rings (SSSR count). The van der Waals surface area contributed by atoms with Crippen LogP contribution in [0.3, 0.4) is 0 Å². The fraction of sp³-hybridized carbons (Fsp3) is 0.182. The van der Waals surface area contributed by atoms with Crippen molar-refractivity contribution in [3.05, 3.63) is 83.1 Å². The second-order valence-electron chi connectivity index (χ2n) is 6.25. The Morgan fingerprint density at radius 1 is 1.00 bits per heavy atom. The van der Waals surface area contributed by atoms with Crippen LogP contribution in [0.4, 0.5) is 11.4 Å². The van der Waals surface area contributed by atoms with Crippen molar-refractivity contribution in [1.82, 2.24) is 10.3 Å². The summed E-state index contributed by atoms with van der Waals surface area (Å²) in [6, 6.07) is 18.8. The fourth-order valence-corrected chi connectivity index (χ4v) is 2.61. The number of aromatic nitrogens is 1. The largest absolute Gasteiger partial charge is 0.489 e. The summed E-state index contributed by atoms with van der Waals surface area (Å²) in [5.41, 5.74) is 3.18. The van der Waals surface area contributed by atoms with Crippen LogP contribution in [-0.2, 0) is 6.61 Å². The molecule has 5 nitrogen and oxygen atoms in total. The Kier molecular flexibility index (Phi) is 6.87. The number of anilines is 2. The molecular weight excluding hydrogens is 374 g/mol. The average Bonchev–Trinajstić information content (AvgIpc) is 2.73. The molecule has 0 aliphatic heterocycles. The summed E-state index contributed by atoms with van der Waals surface area (Å²) in [7, 11) is 0. The van der Waals surface area contributed by atoms with Crippen LogP contribution in [-0.4, -0.2) is 17.4 Å². The topological polar surface area (TPSA) is 63.2 Å². The van der Waals surface area contributed by atoms with Crippen LogP contribution in [0.1, 0.15) is 29.4 Å². The zero-order valence-corrected chi connectivity index (χ0v) is 16.4. The van der Waals surface area contributed by atoms with Gasteiger partial charge in [0.2, 0.25) is 0 Å². The highest BCUT2D eigenvalue weighted by Crippen LogP contribution is 2.21. The van der Waals surface area contributed by atoms with Gasteiger partial charge in [0.05, 0.1) is 11.9 Å². The summed E-state index contributed by atoms with van der Waals surface area (Å²) in [6.07, 6.45) is 2.54. The minimum Gasteiger partial charge on any atom is -0.489 e. The van der Waals surface area contributed by atoms with Crippen molar-refractivity contribution in [1.29, 1.82) is 0 Å². The van der Waals surface area contributed by atoms with Gasteiger partial charge in [0, 0.05) is 17.3 Å². The van der Waals surface area contributed by atoms with Crippen molar-refractivity contribution in [3.8, 4) is 5.75 Å². The molecule has 144 valence electrons. The predicted octanol–water partition coefficient (Wildman–Crippen LogP) is 5.20. The van der Waals surface area contributed by atoms with Crippen molar-refractivity contribution < 1.29 is 9.53 Å². The van der Waals surface area contributed by atoms with E-state index in [4.69, 9.17) is 16.3 Å². The molecule has 0 bridgehead atoms. The monoisotopic (exact) mass is 395 g/mol. The minimum absolute atomic E-state index is 0.157. The number of ether oxygens (including phenoxy) is 1. The molecule has 6 heteroatoms. The average molecular weight is 396 g/mol. The second kappa shape index (κ2) is 9.76. The molecule has 0 saturated carbocycles. The first-order valence-corrected chi connectivity index (χ1v) is 9.50. The van der Waals surface area contributed by atoms with Crippen molar-refractivity contribution in [2.75, 3.05) is 11.9 Å². The highest BCUT2D eigenvalue weighted by atomic mass is 35.5. The van der Waals surface area contributed by atoms with Crippen molar-refractivity contribution in [3.63, 3.8) is 0 Å². The van der Waals surface area contributed by atoms with Crippen molar-refractivity contribution in [2.45, 2.75) is 20.0 Å². The molecule has 0 unspecified atom stereocenters. The SMILES string of the molecule is CCCNC(=O)c1ccc(Nc2ccc(OCc3ccc(Cl)cc3)cc2)cn1. The van der Waals surface area contributed by atoms with Gasteiger partial charge in [-0.05, 0) is 60.5 Å². The first-order valence-electron chi connectivity index (χ1n) is 9.12. The Hall–Kier alpha value is -3.05. The Morgan fingerprint density at radius 3 is 2.36 bits per heavy atom. The van der Waals surface area contributed by atoms with E-state index in [1.807, 2.05) is 61.5 Å². The smallest absolute Gasteiger partial charge is 0.269 e. The molecule has 0 spiro atoms. The zero-order chi connectivity index (χ0) is 19.8. The van der Waals surface area contributed by atoms with E-state index in [0.29, 0.717) is 23.9 Å². The van der Waals surface area contributed by atoms with E-state index in [2.05, 4.69) is 15.6 Å². The minimum atomic E-state index is -0.157. The Bertz CT molecular complexity index is 895. The molecule has 0 saturated heterocycles. The number of hydrogen-bond donors (Lipinski definition) is 2. The fourth-order valence-electron chi connectivity index (χ4n) is 2.48. The molecule has 2 aromatic carbocycles. The normalized spacial score (nSPS) is 10.4. The lowest BCUT2D eigenvalue weighted by molar-refractivity contribution is 0.0948. The lowest BCUT2D eigenvalue weighted by atomic mass is 10.2. The van der Waals surface area contributed by atoms with Crippen LogP contribution in [0.15, 0.2) is 66.9 Å². The predicted molar refractivity (Wildman–Crippen MR) is 112 cm³/mol. The summed E-state index contributed by atoms with van der Waals surface area (Å²) in [5.74, 6) is 0.622. The van der Waals surface area contributed by atoms with Gasteiger partial charge in [-0.3, -0.25) is 4.79 Å². The number of hydrogen-bond acceptors (Lipinski definition) is 4. The third-order valence-corrected chi connectivity index (χ3v) is 4.25. The number of nitrogens with zero attached hydrogens (tertiary/aromatic N) is 1. The number of amides is 1. The summed E-state index contributed by atoms with van der Waals surface area (Å²) in [5, 5.41) is 6.78. The molecule has 28 heavy (non-hydrogen) atoms. The van der Waals surface area contributed by atoms with Crippen LogP contribution in [0.2, 0.25) is 5.02 Å². The van der Waals surface area contributed by atoms with Crippen LogP contribution in [0, 0.1) is 0 Å². The van der Waals surface area contributed by atoms with E-state index in [9.17, 15) is 4.79 Å². The van der Waals surface area contributed by atoms with Crippen LogP contribution < -0.4 is 15.4 Å². The maximum Gasteiger partial charge on any atom is 0.269 e. The third kappa shape index (κ3) is 5.72. The van der Waals surface area contributed by atoms with Crippen LogP contribution >= 0.6 is 11.6 Å². The number of carbonyl (C=O) groups excluding carboxylic acids is 1. The van der Waals surface area contributed by atoms with E-state index in [0.717, 1.165) is 29.1 Å². The standard InChI is InChI=1S/C22H22ClN3O2/c1-2-13-24-22(27)21-12-9-19(14-25-21)26-18-7-10-20(11-8-18)28-15-16-3-5-17(23)6-4-16/h3-12,14,26H,2,13,15H2,1H3,(H,24,27). The van der Waals surface area contributed by atoms with E-state index in [1.54, 1.807) is 12.3 Å². The lowest BCUT2D eigenvalue weighted by Crippen LogP contribution is -2.24. The number of benzene rings is 2. The third-order valence-electron chi connectivity index (χ3n) is 3.99. The Balaban J connectivity index is 1.53. The first kappa shape index (κ1) is 19.7. The van der Waals surface area contributed by atoms with Gasteiger partial charge in [-0.2, -0.15) is 0 Å². The highest BCUT2D eigenvalue weighted by molar-refractivity contribution is 6.30. The summed E-state index contributed by atoms with van der Waals surface area (Å²) in [4.78, 5) is 16.1. The van der Waals surface area contributed by atoms with E-state index >= 15 is 0 Å². The van der Waals surface area contributed by atoms with Gasteiger partial charge in [-0.1, -0.05) is 30.7 Å². The van der Waals surface area contributed by atoms with Crippen LogP contribution in [0.25, 0.3) is 0 Å². The summed E-state index contributed by atoms with van der Waals surface area (Å²) in [6.45, 7) is 3.14. The maximum atomic E-state index is 11.9. The van der Waals surface area contributed by atoms with Gasteiger partial charge in [0.1, 0.15) is 18.1 Å². The molecule has 2 N–H and O–H groups in total. The molecule has 1 amide bonds. The molecule has 0 aliphatic carbocycles. The quantitative estimate of drug-likeness (QED) is 0.550. The molecular formula is C22H22ClN3O2. The van der Waals surface area contributed by atoms with Gasteiger partial charge in [0.15, 0.2) is 0 Å². The molecule has 0 atom stereocenters. The molecule has 1 heterocycles. The van der Waals surface area contributed by atoms with E-state index < -0.39 is 0 Å².